The molecule has 1 aliphatic rings. The van der Waals surface area contributed by atoms with Crippen LogP contribution in [0.2, 0.25) is 0 Å². The molecule has 1 atom stereocenters. The molecule has 8 heteroatoms. The van der Waals surface area contributed by atoms with Crippen LogP contribution in [0.3, 0.4) is 0 Å². The van der Waals surface area contributed by atoms with E-state index in [1.54, 1.807) is 0 Å². The number of hydrogen-bond acceptors (Lipinski definition) is 2. The highest BCUT2D eigenvalue weighted by Crippen LogP contribution is 2.31. The van der Waals surface area contributed by atoms with Gasteiger partial charge < -0.3 is 10.2 Å². The summed E-state index contributed by atoms with van der Waals surface area (Å²) in [6, 6.07) is 9.49. The van der Waals surface area contributed by atoms with Crippen LogP contribution in [0.25, 0.3) is 0 Å². The first kappa shape index (κ1) is 17.9. The summed E-state index contributed by atoms with van der Waals surface area (Å²) in [5.41, 5.74) is -0.454. The molecule has 0 aromatic heterocycles. The number of carbonyl (C=O) groups excluding carboxylic acids is 2. The molecule has 1 unspecified atom stereocenters. The zero-order valence-electron chi connectivity index (χ0n) is 13.4. The van der Waals surface area contributed by atoms with Crippen LogP contribution in [0.1, 0.15) is 12.0 Å². The van der Waals surface area contributed by atoms with Crippen LogP contribution < -0.4 is 10.2 Å². The molecule has 0 radical (unpaired) electrons. The van der Waals surface area contributed by atoms with Crippen molar-refractivity contribution >= 4 is 23.2 Å². The highest BCUT2D eigenvalue weighted by atomic mass is 19.4. The SMILES string of the molecule is O=C(Nc1cccc(C(F)(F)F)c1)C1CCN(c2ccc(F)cc2)C1=O. The molecule has 1 heterocycles. The topological polar surface area (TPSA) is 49.4 Å². The third-order valence-electron chi connectivity index (χ3n) is 4.12. The summed E-state index contributed by atoms with van der Waals surface area (Å²) in [5, 5.41) is 2.36. The van der Waals surface area contributed by atoms with Crippen LogP contribution in [0.4, 0.5) is 28.9 Å². The van der Waals surface area contributed by atoms with Gasteiger partial charge in [-0.3, -0.25) is 9.59 Å². The van der Waals surface area contributed by atoms with Crippen LogP contribution in [0, 0.1) is 11.7 Å². The number of benzene rings is 2. The smallest absolute Gasteiger partial charge is 0.325 e. The number of carbonyl (C=O) groups is 2. The first-order chi connectivity index (χ1) is 12.3. The summed E-state index contributed by atoms with van der Waals surface area (Å²) in [5.74, 6) is -2.59. The van der Waals surface area contributed by atoms with E-state index in [0.717, 1.165) is 12.1 Å². The van der Waals surface area contributed by atoms with E-state index in [1.807, 2.05) is 0 Å². The molecule has 4 nitrogen and oxygen atoms in total. The summed E-state index contributed by atoms with van der Waals surface area (Å²) < 4.78 is 51.2. The summed E-state index contributed by atoms with van der Waals surface area (Å²) in [7, 11) is 0. The van der Waals surface area contributed by atoms with E-state index in [9.17, 15) is 27.2 Å². The lowest BCUT2D eigenvalue weighted by atomic mass is 10.1. The number of nitrogens with zero attached hydrogens (tertiary/aromatic N) is 1. The molecule has 2 aromatic rings. The molecule has 1 N–H and O–H groups in total. The lowest BCUT2D eigenvalue weighted by Gasteiger charge is -2.17. The standard InChI is InChI=1S/C18H14F4N2O2/c19-12-4-6-14(7-5-12)24-9-8-15(17(24)26)16(25)23-13-3-1-2-11(10-13)18(20,21)22/h1-7,10,15H,8-9H2,(H,23,25). The van der Waals surface area contributed by atoms with E-state index in [0.29, 0.717) is 5.69 Å². The molecule has 0 saturated carbocycles. The predicted octanol–water partition coefficient (Wildman–Crippen LogP) is 3.84. The number of alkyl halides is 3. The van der Waals surface area contributed by atoms with Gasteiger partial charge in [-0.15, -0.1) is 0 Å². The monoisotopic (exact) mass is 366 g/mol. The largest absolute Gasteiger partial charge is 0.416 e. The summed E-state index contributed by atoms with van der Waals surface area (Å²) in [6.07, 6.45) is -4.30. The highest BCUT2D eigenvalue weighted by Gasteiger charge is 2.38. The fourth-order valence-electron chi connectivity index (χ4n) is 2.80. The van der Waals surface area contributed by atoms with Crippen molar-refractivity contribution in [2.75, 3.05) is 16.8 Å². The van der Waals surface area contributed by atoms with Gasteiger partial charge in [0.25, 0.3) is 0 Å². The van der Waals surface area contributed by atoms with Crippen molar-refractivity contribution in [3.8, 4) is 0 Å². The second-order valence-corrected chi connectivity index (χ2v) is 5.88. The second kappa shape index (κ2) is 6.78. The molecule has 1 aliphatic heterocycles. The number of amides is 2. The molecule has 1 fully saturated rings. The quantitative estimate of drug-likeness (QED) is 0.663. The Labute approximate surface area is 146 Å². The van der Waals surface area contributed by atoms with Crippen LogP contribution >= 0.6 is 0 Å². The highest BCUT2D eigenvalue weighted by molar-refractivity contribution is 6.13. The van der Waals surface area contributed by atoms with Crippen LogP contribution in [0.5, 0.6) is 0 Å². The van der Waals surface area contributed by atoms with Gasteiger partial charge in [0.05, 0.1) is 5.56 Å². The van der Waals surface area contributed by atoms with Crippen LogP contribution in [-0.2, 0) is 15.8 Å². The van der Waals surface area contributed by atoms with Gasteiger partial charge in [0, 0.05) is 17.9 Å². The van der Waals surface area contributed by atoms with Crippen LogP contribution in [-0.4, -0.2) is 18.4 Å². The fourth-order valence-corrected chi connectivity index (χ4v) is 2.80. The minimum absolute atomic E-state index is 0.0298. The van der Waals surface area contributed by atoms with Gasteiger partial charge in [-0.05, 0) is 48.9 Å². The van der Waals surface area contributed by atoms with Gasteiger partial charge in [0.1, 0.15) is 11.7 Å². The zero-order chi connectivity index (χ0) is 18.9. The minimum atomic E-state index is -4.52. The molecule has 3 rings (SSSR count). The normalized spacial score (nSPS) is 17.5. The molecule has 2 aromatic carbocycles. The van der Waals surface area contributed by atoms with E-state index >= 15 is 0 Å². The molecule has 1 saturated heterocycles. The lowest BCUT2D eigenvalue weighted by molar-refractivity contribution is -0.137. The third kappa shape index (κ3) is 3.68. The molecular formula is C18H14F4N2O2. The van der Waals surface area contributed by atoms with Gasteiger partial charge in [-0.25, -0.2) is 4.39 Å². The summed E-state index contributed by atoms with van der Waals surface area (Å²) >= 11 is 0. The Morgan fingerprint density at radius 1 is 1.12 bits per heavy atom. The van der Waals surface area contributed by atoms with Gasteiger partial charge in [0.2, 0.25) is 11.8 Å². The predicted molar refractivity (Wildman–Crippen MR) is 86.9 cm³/mol. The molecule has 2 amide bonds. The number of halogens is 4. The Bertz CT molecular complexity index is 834. The molecule has 0 bridgehead atoms. The Morgan fingerprint density at radius 2 is 1.81 bits per heavy atom. The maximum Gasteiger partial charge on any atom is 0.416 e. The van der Waals surface area contributed by atoms with Crippen molar-refractivity contribution in [1.29, 1.82) is 0 Å². The van der Waals surface area contributed by atoms with E-state index in [1.165, 1.54) is 41.3 Å². The van der Waals surface area contributed by atoms with Crippen molar-refractivity contribution in [3.63, 3.8) is 0 Å². The van der Waals surface area contributed by atoms with Crippen molar-refractivity contribution in [2.24, 2.45) is 5.92 Å². The van der Waals surface area contributed by atoms with E-state index in [-0.39, 0.29) is 18.7 Å². The fraction of sp³-hybridized carbons (Fsp3) is 0.222. The van der Waals surface area contributed by atoms with Crippen molar-refractivity contribution in [2.45, 2.75) is 12.6 Å². The average molecular weight is 366 g/mol. The Morgan fingerprint density at radius 3 is 2.46 bits per heavy atom. The average Bonchev–Trinajstić information content (AvgIpc) is 2.97. The Balaban J connectivity index is 1.71. The molecular weight excluding hydrogens is 352 g/mol. The lowest BCUT2D eigenvalue weighted by Crippen LogP contribution is -2.33. The molecule has 26 heavy (non-hydrogen) atoms. The van der Waals surface area contributed by atoms with Gasteiger partial charge in [-0.2, -0.15) is 13.2 Å². The Kier molecular flexibility index (Phi) is 4.67. The maximum atomic E-state index is 13.0. The number of hydrogen-bond donors (Lipinski definition) is 1. The van der Waals surface area contributed by atoms with Gasteiger partial charge in [-0.1, -0.05) is 6.07 Å². The molecule has 0 spiro atoms. The Hall–Kier alpha value is -2.90. The number of rotatable bonds is 3. The third-order valence-corrected chi connectivity index (χ3v) is 4.12. The first-order valence-corrected chi connectivity index (χ1v) is 7.81. The molecule has 136 valence electrons. The summed E-state index contributed by atoms with van der Waals surface area (Å²) in [6.45, 7) is 0.269. The van der Waals surface area contributed by atoms with Gasteiger partial charge >= 0.3 is 6.18 Å². The van der Waals surface area contributed by atoms with E-state index < -0.39 is 35.3 Å². The number of nitrogens with one attached hydrogen (secondary N) is 1. The minimum Gasteiger partial charge on any atom is -0.325 e. The first-order valence-electron chi connectivity index (χ1n) is 7.81. The van der Waals surface area contributed by atoms with Crippen molar-refractivity contribution < 1.29 is 27.2 Å². The van der Waals surface area contributed by atoms with E-state index in [2.05, 4.69) is 5.32 Å². The van der Waals surface area contributed by atoms with Gasteiger partial charge in [0.15, 0.2) is 0 Å². The molecule has 0 aliphatic carbocycles. The van der Waals surface area contributed by atoms with Crippen molar-refractivity contribution in [3.05, 3.63) is 59.9 Å². The zero-order valence-corrected chi connectivity index (χ0v) is 13.4. The second-order valence-electron chi connectivity index (χ2n) is 5.88. The summed E-state index contributed by atoms with van der Waals surface area (Å²) in [4.78, 5) is 26.1. The van der Waals surface area contributed by atoms with Crippen molar-refractivity contribution in [1.82, 2.24) is 0 Å². The van der Waals surface area contributed by atoms with Crippen LogP contribution in [0.15, 0.2) is 48.5 Å². The van der Waals surface area contributed by atoms with E-state index in [4.69, 9.17) is 0 Å². The maximum absolute atomic E-state index is 13.0. The number of anilines is 2.